The predicted molar refractivity (Wildman–Crippen MR) is 65.4 cm³/mol. The van der Waals surface area contributed by atoms with Crippen molar-refractivity contribution in [3.63, 3.8) is 0 Å². The Balaban J connectivity index is 2.98. The van der Waals surface area contributed by atoms with Crippen molar-refractivity contribution in [1.82, 2.24) is 0 Å². The first-order chi connectivity index (χ1) is 7.41. The molecule has 0 fully saturated rings. The number of primary amides is 1. The molecule has 3 N–H and O–H groups in total. The van der Waals surface area contributed by atoms with E-state index in [1.165, 1.54) is 19.1 Å². The maximum Gasteiger partial charge on any atom is 0.335 e. The molecule has 0 radical (unpaired) electrons. The Morgan fingerprint density at radius 2 is 2.12 bits per heavy atom. The summed E-state index contributed by atoms with van der Waals surface area (Å²) in [7, 11) is 0. The molecule has 1 atom stereocenters. The van der Waals surface area contributed by atoms with Gasteiger partial charge < -0.3 is 15.6 Å². The van der Waals surface area contributed by atoms with Gasteiger partial charge in [0.05, 0.1) is 9.13 Å². The lowest BCUT2D eigenvalue weighted by Crippen LogP contribution is -2.30. The monoisotopic (exact) mass is 335 g/mol. The lowest BCUT2D eigenvalue weighted by Gasteiger charge is -2.13. The van der Waals surface area contributed by atoms with Crippen molar-refractivity contribution in [2.24, 2.45) is 5.73 Å². The van der Waals surface area contributed by atoms with Crippen LogP contribution in [-0.4, -0.2) is 23.1 Å². The summed E-state index contributed by atoms with van der Waals surface area (Å²) < 4.78 is 5.97. The van der Waals surface area contributed by atoms with E-state index in [-0.39, 0.29) is 5.56 Å². The molecule has 0 bridgehead atoms. The average molecular weight is 335 g/mol. The number of amides is 1. The van der Waals surface area contributed by atoms with Crippen molar-refractivity contribution in [1.29, 1.82) is 0 Å². The molecule has 16 heavy (non-hydrogen) atoms. The minimum absolute atomic E-state index is 0.104. The number of rotatable bonds is 4. The average Bonchev–Trinajstić information content (AvgIpc) is 2.20. The Morgan fingerprint density at radius 1 is 1.50 bits per heavy atom. The highest BCUT2D eigenvalue weighted by Crippen LogP contribution is 2.23. The fourth-order valence-electron chi connectivity index (χ4n) is 0.975. The summed E-state index contributed by atoms with van der Waals surface area (Å²) in [6.45, 7) is 1.51. The number of halogens is 1. The molecule has 1 aromatic rings. The summed E-state index contributed by atoms with van der Waals surface area (Å²) in [5.74, 6) is -1.31. The highest BCUT2D eigenvalue weighted by atomic mass is 127. The third-order valence-electron chi connectivity index (χ3n) is 1.88. The largest absolute Gasteiger partial charge is 0.480 e. The number of hydrogen-bond acceptors (Lipinski definition) is 3. The maximum absolute atomic E-state index is 10.8. The molecule has 86 valence electrons. The third kappa shape index (κ3) is 3.09. The maximum atomic E-state index is 10.8. The number of benzene rings is 1. The van der Waals surface area contributed by atoms with Gasteiger partial charge in [0.1, 0.15) is 5.75 Å². The van der Waals surface area contributed by atoms with E-state index in [0.717, 1.165) is 3.57 Å². The lowest BCUT2D eigenvalue weighted by molar-refractivity contribution is -0.124. The summed E-state index contributed by atoms with van der Waals surface area (Å²) in [4.78, 5) is 21.5. The molecule has 0 aliphatic rings. The zero-order valence-corrected chi connectivity index (χ0v) is 10.6. The molecule has 1 rings (SSSR count). The van der Waals surface area contributed by atoms with Gasteiger partial charge in [-0.05, 0) is 47.7 Å². The van der Waals surface area contributed by atoms with Crippen molar-refractivity contribution in [2.45, 2.75) is 13.0 Å². The van der Waals surface area contributed by atoms with Crippen molar-refractivity contribution < 1.29 is 19.4 Å². The van der Waals surface area contributed by atoms with Crippen LogP contribution in [0.1, 0.15) is 17.3 Å². The zero-order valence-electron chi connectivity index (χ0n) is 8.44. The van der Waals surface area contributed by atoms with Crippen LogP contribution in [-0.2, 0) is 4.79 Å². The van der Waals surface area contributed by atoms with Crippen LogP contribution >= 0.6 is 22.6 Å². The number of aromatic carboxylic acids is 1. The van der Waals surface area contributed by atoms with Crippen LogP contribution in [0.5, 0.6) is 5.75 Å². The molecule has 0 aliphatic heterocycles. The Morgan fingerprint density at radius 3 is 2.62 bits per heavy atom. The molecule has 5 nitrogen and oxygen atoms in total. The first kappa shape index (κ1) is 12.8. The van der Waals surface area contributed by atoms with Crippen LogP contribution in [0.2, 0.25) is 0 Å². The molecular formula is C10H10INO4. The van der Waals surface area contributed by atoms with E-state index in [0.29, 0.717) is 5.75 Å². The molecule has 0 aliphatic carbocycles. The van der Waals surface area contributed by atoms with Crippen LogP contribution in [0.25, 0.3) is 0 Å². The van der Waals surface area contributed by atoms with Crippen molar-refractivity contribution in [2.75, 3.05) is 0 Å². The molecule has 0 saturated heterocycles. The molecule has 0 aromatic heterocycles. The standard InChI is InChI=1S/C10H10INO4/c1-5(9(12)13)16-8-4-6(10(14)15)2-3-7(8)11/h2-5H,1H3,(H2,12,13)(H,14,15). The fourth-order valence-corrected chi connectivity index (χ4v) is 1.44. The van der Waals surface area contributed by atoms with Gasteiger partial charge in [0.15, 0.2) is 6.10 Å². The van der Waals surface area contributed by atoms with Gasteiger partial charge in [-0.1, -0.05) is 0 Å². The Bertz CT molecular complexity index is 433. The minimum Gasteiger partial charge on any atom is -0.480 e. The second-order valence-electron chi connectivity index (χ2n) is 3.11. The number of carbonyl (C=O) groups is 2. The van der Waals surface area contributed by atoms with Gasteiger partial charge in [0.2, 0.25) is 0 Å². The quantitative estimate of drug-likeness (QED) is 0.811. The minimum atomic E-state index is -1.05. The van der Waals surface area contributed by atoms with E-state index in [2.05, 4.69) is 0 Å². The van der Waals surface area contributed by atoms with E-state index in [1.807, 2.05) is 22.6 Å². The SMILES string of the molecule is CC(Oc1cc(C(=O)O)ccc1I)C(N)=O. The van der Waals surface area contributed by atoms with Crippen LogP contribution in [0, 0.1) is 3.57 Å². The molecule has 0 spiro atoms. The number of hydrogen-bond donors (Lipinski definition) is 2. The topological polar surface area (TPSA) is 89.6 Å². The van der Waals surface area contributed by atoms with Crippen LogP contribution in [0.15, 0.2) is 18.2 Å². The van der Waals surface area contributed by atoms with Gasteiger partial charge in [0, 0.05) is 0 Å². The van der Waals surface area contributed by atoms with Gasteiger partial charge in [-0.2, -0.15) is 0 Å². The number of carboxylic acid groups (broad SMARTS) is 1. The van der Waals surface area contributed by atoms with Crippen molar-refractivity contribution in [3.05, 3.63) is 27.3 Å². The van der Waals surface area contributed by atoms with E-state index >= 15 is 0 Å². The van der Waals surface area contributed by atoms with E-state index in [1.54, 1.807) is 6.07 Å². The van der Waals surface area contributed by atoms with Crippen molar-refractivity contribution >= 4 is 34.5 Å². The summed E-state index contributed by atoms with van der Waals surface area (Å²) in [5, 5.41) is 8.79. The number of nitrogens with two attached hydrogens (primary N) is 1. The summed E-state index contributed by atoms with van der Waals surface area (Å²) in [6.07, 6.45) is -0.794. The van der Waals surface area contributed by atoms with Crippen molar-refractivity contribution in [3.8, 4) is 5.75 Å². The van der Waals surface area contributed by atoms with Gasteiger partial charge in [-0.25, -0.2) is 4.79 Å². The summed E-state index contributed by atoms with van der Waals surface area (Å²) in [6, 6.07) is 4.43. The summed E-state index contributed by atoms with van der Waals surface area (Å²) >= 11 is 1.99. The van der Waals surface area contributed by atoms with Gasteiger partial charge >= 0.3 is 5.97 Å². The van der Waals surface area contributed by atoms with Crippen LogP contribution in [0.4, 0.5) is 0 Å². The van der Waals surface area contributed by atoms with Gasteiger partial charge in [-0.15, -0.1) is 0 Å². The van der Waals surface area contributed by atoms with E-state index in [4.69, 9.17) is 15.6 Å². The Labute approximate surface area is 106 Å². The molecule has 1 unspecified atom stereocenters. The molecule has 6 heteroatoms. The Kier molecular flexibility index (Phi) is 4.11. The third-order valence-corrected chi connectivity index (χ3v) is 2.77. The zero-order chi connectivity index (χ0) is 12.3. The second kappa shape index (κ2) is 5.15. The molecular weight excluding hydrogens is 325 g/mol. The van der Waals surface area contributed by atoms with Gasteiger partial charge in [0.25, 0.3) is 5.91 Å². The fraction of sp³-hybridized carbons (Fsp3) is 0.200. The molecule has 1 aromatic carbocycles. The van der Waals surface area contributed by atoms with E-state index in [9.17, 15) is 9.59 Å². The predicted octanol–water partition coefficient (Wildman–Crippen LogP) is 1.24. The Hall–Kier alpha value is -1.31. The normalized spacial score (nSPS) is 11.9. The molecule has 0 heterocycles. The number of carbonyl (C=O) groups excluding carboxylic acids is 1. The highest BCUT2D eigenvalue weighted by Gasteiger charge is 2.14. The second-order valence-corrected chi connectivity index (χ2v) is 4.27. The number of carboxylic acids is 1. The first-order valence-corrected chi connectivity index (χ1v) is 5.48. The van der Waals surface area contributed by atoms with Gasteiger partial charge in [-0.3, -0.25) is 4.79 Å². The summed E-state index contributed by atoms with van der Waals surface area (Å²) in [5.41, 5.74) is 5.15. The van der Waals surface area contributed by atoms with E-state index < -0.39 is 18.0 Å². The molecule has 1 amide bonds. The number of ether oxygens (including phenoxy) is 1. The molecule has 0 saturated carbocycles. The van der Waals surface area contributed by atoms with Crippen LogP contribution in [0.3, 0.4) is 0 Å². The highest BCUT2D eigenvalue weighted by molar-refractivity contribution is 14.1. The first-order valence-electron chi connectivity index (χ1n) is 4.40. The van der Waals surface area contributed by atoms with Crippen LogP contribution < -0.4 is 10.5 Å². The lowest BCUT2D eigenvalue weighted by atomic mass is 10.2. The smallest absolute Gasteiger partial charge is 0.335 e.